The SMILES string of the molecule is Nc1nc(-c2ccc(NC(=O)CNCc3ccc(CC4CCCCC4)cc3)cc2)cs1. The summed E-state index contributed by atoms with van der Waals surface area (Å²) in [6.45, 7) is 0.954. The minimum absolute atomic E-state index is 0.0560. The summed E-state index contributed by atoms with van der Waals surface area (Å²) in [5, 5.41) is 8.63. The van der Waals surface area contributed by atoms with E-state index in [1.807, 2.05) is 29.6 Å². The van der Waals surface area contributed by atoms with Crippen molar-refractivity contribution in [3.63, 3.8) is 0 Å². The predicted octanol–water partition coefficient (Wildman–Crippen LogP) is 5.24. The Hall–Kier alpha value is -2.70. The van der Waals surface area contributed by atoms with Crippen molar-refractivity contribution in [2.24, 2.45) is 5.92 Å². The molecule has 1 aliphatic rings. The van der Waals surface area contributed by atoms with Crippen molar-refractivity contribution < 1.29 is 4.79 Å². The Morgan fingerprint density at radius 3 is 2.39 bits per heavy atom. The first-order valence-corrected chi connectivity index (χ1v) is 11.9. The minimum Gasteiger partial charge on any atom is -0.375 e. The number of hydrogen-bond acceptors (Lipinski definition) is 5. The summed E-state index contributed by atoms with van der Waals surface area (Å²) in [4.78, 5) is 16.5. The maximum absolute atomic E-state index is 12.2. The van der Waals surface area contributed by atoms with Crippen LogP contribution in [-0.2, 0) is 17.8 Å². The van der Waals surface area contributed by atoms with Crippen LogP contribution in [0.25, 0.3) is 11.3 Å². The summed E-state index contributed by atoms with van der Waals surface area (Å²) in [6, 6.07) is 16.5. The monoisotopic (exact) mass is 434 g/mol. The van der Waals surface area contributed by atoms with Gasteiger partial charge in [-0.15, -0.1) is 11.3 Å². The number of rotatable bonds is 8. The highest BCUT2D eigenvalue weighted by Gasteiger charge is 2.13. The highest BCUT2D eigenvalue weighted by molar-refractivity contribution is 7.13. The Kier molecular flexibility index (Phi) is 7.33. The number of thiazole rings is 1. The van der Waals surface area contributed by atoms with Crippen LogP contribution in [0.3, 0.4) is 0 Å². The molecule has 1 saturated carbocycles. The third kappa shape index (κ3) is 6.39. The molecule has 0 atom stereocenters. The van der Waals surface area contributed by atoms with Crippen molar-refractivity contribution in [2.75, 3.05) is 17.6 Å². The molecular weight excluding hydrogens is 404 g/mol. The molecular formula is C25H30N4OS. The summed E-state index contributed by atoms with van der Waals surface area (Å²) < 4.78 is 0. The van der Waals surface area contributed by atoms with E-state index in [2.05, 4.69) is 39.9 Å². The van der Waals surface area contributed by atoms with Crippen LogP contribution in [0.1, 0.15) is 43.2 Å². The average Bonchev–Trinajstić information content (AvgIpc) is 3.22. The average molecular weight is 435 g/mol. The first kappa shape index (κ1) is 21.5. The Labute approximate surface area is 188 Å². The molecule has 2 aromatic carbocycles. The van der Waals surface area contributed by atoms with Crippen molar-refractivity contribution in [1.29, 1.82) is 0 Å². The second-order valence-electron chi connectivity index (χ2n) is 8.32. The molecule has 0 aliphatic heterocycles. The molecule has 1 aromatic heterocycles. The summed E-state index contributed by atoms with van der Waals surface area (Å²) in [5.41, 5.74) is 10.9. The van der Waals surface area contributed by atoms with Crippen LogP contribution in [0.5, 0.6) is 0 Å². The lowest BCUT2D eigenvalue weighted by atomic mass is 9.85. The van der Waals surface area contributed by atoms with Gasteiger partial charge in [0.15, 0.2) is 5.13 Å². The quantitative estimate of drug-likeness (QED) is 0.453. The predicted molar refractivity (Wildman–Crippen MR) is 129 cm³/mol. The number of carbonyl (C=O) groups is 1. The van der Waals surface area contributed by atoms with Gasteiger partial charge in [0.2, 0.25) is 5.91 Å². The van der Waals surface area contributed by atoms with E-state index in [0.717, 1.165) is 22.9 Å². The minimum atomic E-state index is -0.0560. The van der Waals surface area contributed by atoms with Gasteiger partial charge in [-0.2, -0.15) is 0 Å². The molecule has 0 radical (unpaired) electrons. The highest BCUT2D eigenvalue weighted by atomic mass is 32.1. The van der Waals surface area contributed by atoms with E-state index in [9.17, 15) is 4.79 Å². The molecule has 4 N–H and O–H groups in total. The van der Waals surface area contributed by atoms with Gasteiger partial charge < -0.3 is 16.4 Å². The number of aromatic nitrogens is 1. The van der Waals surface area contributed by atoms with E-state index in [0.29, 0.717) is 11.7 Å². The maximum atomic E-state index is 12.2. The van der Waals surface area contributed by atoms with E-state index in [1.165, 1.54) is 61.0 Å². The Bertz CT molecular complexity index is 976. The molecule has 31 heavy (non-hydrogen) atoms. The van der Waals surface area contributed by atoms with Crippen LogP contribution in [0.15, 0.2) is 53.9 Å². The van der Waals surface area contributed by atoms with E-state index in [1.54, 1.807) is 0 Å². The zero-order valence-electron chi connectivity index (χ0n) is 17.8. The molecule has 1 aliphatic carbocycles. The van der Waals surface area contributed by atoms with Crippen LogP contribution in [-0.4, -0.2) is 17.4 Å². The number of nitrogens with zero attached hydrogens (tertiary/aromatic N) is 1. The zero-order chi connectivity index (χ0) is 21.5. The van der Waals surface area contributed by atoms with E-state index in [-0.39, 0.29) is 12.5 Å². The van der Waals surface area contributed by atoms with Crippen molar-refractivity contribution in [3.05, 3.63) is 65.0 Å². The van der Waals surface area contributed by atoms with Crippen molar-refractivity contribution in [2.45, 2.75) is 45.1 Å². The number of nitrogens with one attached hydrogen (secondary N) is 2. The fourth-order valence-electron chi connectivity index (χ4n) is 4.19. The number of anilines is 2. The largest absolute Gasteiger partial charge is 0.375 e. The van der Waals surface area contributed by atoms with Crippen LogP contribution in [0.2, 0.25) is 0 Å². The molecule has 1 heterocycles. The van der Waals surface area contributed by atoms with Gasteiger partial charge in [-0.3, -0.25) is 4.79 Å². The number of nitrogens with two attached hydrogens (primary N) is 1. The van der Waals surface area contributed by atoms with Crippen LogP contribution in [0.4, 0.5) is 10.8 Å². The third-order valence-electron chi connectivity index (χ3n) is 5.87. The van der Waals surface area contributed by atoms with Crippen LogP contribution in [0, 0.1) is 5.92 Å². The van der Waals surface area contributed by atoms with Gasteiger partial charge >= 0.3 is 0 Å². The van der Waals surface area contributed by atoms with Gasteiger partial charge in [0.1, 0.15) is 0 Å². The topological polar surface area (TPSA) is 80.0 Å². The molecule has 6 heteroatoms. The molecule has 1 amide bonds. The van der Waals surface area contributed by atoms with Gasteiger partial charge in [0.25, 0.3) is 0 Å². The zero-order valence-corrected chi connectivity index (χ0v) is 18.6. The molecule has 162 valence electrons. The first-order valence-electron chi connectivity index (χ1n) is 11.1. The van der Waals surface area contributed by atoms with Gasteiger partial charge in [0.05, 0.1) is 12.2 Å². The first-order chi connectivity index (χ1) is 15.2. The number of carbonyl (C=O) groups excluding carboxylic acids is 1. The molecule has 0 spiro atoms. The standard InChI is InChI=1S/C25H30N4OS/c26-25-29-23(17-31-25)21-10-12-22(13-11-21)28-24(30)16-27-15-20-8-6-19(7-9-20)14-18-4-2-1-3-5-18/h6-13,17-18,27H,1-5,14-16H2,(H2,26,29)(H,28,30). The lowest BCUT2D eigenvalue weighted by Crippen LogP contribution is -2.27. The number of amides is 1. The van der Waals surface area contributed by atoms with Crippen molar-refractivity contribution in [1.82, 2.24) is 10.3 Å². The summed E-state index contributed by atoms with van der Waals surface area (Å²) in [7, 11) is 0. The van der Waals surface area contributed by atoms with Gasteiger partial charge in [-0.1, -0.05) is 68.5 Å². The van der Waals surface area contributed by atoms with Gasteiger partial charge in [0, 0.05) is 23.2 Å². The number of benzene rings is 2. The summed E-state index contributed by atoms with van der Waals surface area (Å²) in [6.07, 6.45) is 8.13. The third-order valence-corrected chi connectivity index (χ3v) is 6.55. The molecule has 1 fully saturated rings. The molecule has 4 rings (SSSR count). The summed E-state index contributed by atoms with van der Waals surface area (Å²) >= 11 is 1.42. The summed E-state index contributed by atoms with van der Waals surface area (Å²) in [5.74, 6) is 0.801. The Balaban J connectivity index is 1.19. The molecule has 0 unspecified atom stereocenters. The van der Waals surface area contributed by atoms with E-state index >= 15 is 0 Å². The second-order valence-corrected chi connectivity index (χ2v) is 9.21. The molecule has 0 saturated heterocycles. The van der Waals surface area contributed by atoms with E-state index < -0.39 is 0 Å². The van der Waals surface area contributed by atoms with Gasteiger partial charge in [-0.25, -0.2) is 4.98 Å². The van der Waals surface area contributed by atoms with Crippen LogP contribution < -0.4 is 16.4 Å². The fourth-order valence-corrected chi connectivity index (χ4v) is 4.76. The molecule has 5 nitrogen and oxygen atoms in total. The maximum Gasteiger partial charge on any atom is 0.238 e. The highest BCUT2D eigenvalue weighted by Crippen LogP contribution is 2.27. The van der Waals surface area contributed by atoms with Crippen molar-refractivity contribution >= 4 is 28.1 Å². The number of nitrogen functional groups attached to an aromatic ring is 1. The lowest BCUT2D eigenvalue weighted by molar-refractivity contribution is -0.115. The van der Waals surface area contributed by atoms with E-state index in [4.69, 9.17) is 5.73 Å². The normalized spacial score (nSPS) is 14.5. The Morgan fingerprint density at radius 1 is 1.00 bits per heavy atom. The molecule has 0 bridgehead atoms. The molecule has 3 aromatic rings. The fraction of sp³-hybridized carbons (Fsp3) is 0.360. The lowest BCUT2D eigenvalue weighted by Gasteiger charge is -2.21. The number of hydrogen-bond donors (Lipinski definition) is 3. The van der Waals surface area contributed by atoms with Crippen molar-refractivity contribution in [3.8, 4) is 11.3 Å². The van der Waals surface area contributed by atoms with Crippen LogP contribution >= 0.6 is 11.3 Å². The second kappa shape index (κ2) is 10.6. The Morgan fingerprint density at radius 2 is 1.71 bits per heavy atom. The van der Waals surface area contributed by atoms with Gasteiger partial charge in [-0.05, 0) is 35.6 Å². The smallest absolute Gasteiger partial charge is 0.238 e.